The van der Waals surface area contributed by atoms with Crippen LogP contribution in [0.1, 0.15) is 67.3 Å². The molecule has 0 spiro atoms. The second-order valence-electron chi connectivity index (χ2n) is 5.65. The largest absolute Gasteiger partial charge is 0.389 e. The van der Waals surface area contributed by atoms with Crippen LogP contribution in [0.15, 0.2) is 24.3 Å². The van der Waals surface area contributed by atoms with Crippen molar-refractivity contribution >= 4 is 5.91 Å². The lowest BCUT2D eigenvalue weighted by atomic mass is 10.0. The van der Waals surface area contributed by atoms with Crippen molar-refractivity contribution in [2.24, 2.45) is 5.73 Å². The molecule has 0 unspecified atom stereocenters. The topological polar surface area (TPSA) is 43.1 Å². The number of benzene rings is 1. The van der Waals surface area contributed by atoms with Gasteiger partial charge in [-0.05, 0) is 37.0 Å². The maximum Gasteiger partial charge on any atom is 0.389 e. The van der Waals surface area contributed by atoms with Crippen LogP contribution in [0.25, 0.3) is 0 Å². The third kappa shape index (κ3) is 8.70. The van der Waals surface area contributed by atoms with Gasteiger partial charge in [0.25, 0.3) is 0 Å². The molecule has 1 amide bonds. The van der Waals surface area contributed by atoms with Crippen molar-refractivity contribution in [2.75, 3.05) is 0 Å². The molecule has 0 fully saturated rings. The van der Waals surface area contributed by atoms with Crippen molar-refractivity contribution in [3.05, 3.63) is 35.4 Å². The average Bonchev–Trinajstić information content (AvgIpc) is 2.45. The summed E-state index contributed by atoms with van der Waals surface area (Å²) in [7, 11) is 0. The monoisotopic (exact) mass is 315 g/mol. The summed E-state index contributed by atoms with van der Waals surface area (Å²) in [4.78, 5) is 10.9. The Balaban J connectivity index is 2.00. The highest BCUT2D eigenvalue weighted by atomic mass is 19.4. The molecule has 0 aliphatic carbocycles. The first-order chi connectivity index (χ1) is 10.4. The van der Waals surface area contributed by atoms with Crippen molar-refractivity contribution in [1.82, 2.24) is 0 Å². The molecule has 1 aromatic carbocycles. The van der Waals surface area contributed by atoms with Crippen LogP contribution in [-0.2, 0) is 6.42 Å². The SMILES string of the molecule is NC(=O)c1ccc(CCCCCCCCCC(F)(F)F)cc1. The van der Waals surface area contributed by atoms with Crippen molar-refractivity contribution in [3.8, 4) is 0 Å². The number of halogens is 3. The minimum absolute atomic E-state index is 0.246. The number of nitrogens with two attached hydrogens (primary N) is 1. The first-order valence-electron chi connectivity index (χ1n) is 7.84. The maximum absolute atomic E-state index is 11.9. The summed E-state index contributed by atoms with van der Waals surface area (Å²) in [5.41, 5.74) is 6.87. The van der Waals surface area contributed by atoms with E-state index in [1.165, 1.54) is 5.56 Å². The predicted octanol–water partition coefficient (Wildman–Crippen LogP) is 5.01. The van der Waals surface area contributed by atoms with Crippen molar-refractivity contribution in [3.63, 3.8) is 0 Å². The number of primary amides is 1. The second-order valence-corrected chi connectivity index (χ2v) is 5.65. The van der Waals surface area contributed by atoms with Gasteiger partial charge in [-0.1, -0.05) is 44.2 Å². The van der Waals surface area contributed by atoms with Crippen LogP contribution in [0, 0.1) is 0 Å². The zero-order chi connectivity index (χ0) is 16.4. The smallest absolute Gasteiger partial charge is 0.366 e. The molecule has 0 aliphatic heterocycles. The molecule has 0 saturated carbocycles. The highest BCUT2D eigenvalue weighted by Gasteiger charge is 2.25. The lowest BCUT2D eigenvalue weighted by molar-refractivity contribution is -0.135. The highest BCUT2D eigenvalue weighted by Crippen LogP contribution is 2.23. The number of hydrogen-bond donors (Lipinski definition) is 1. The molecule has 2 N–H and O–H groups in total. The fourth-order valence-corrected chi connectivity index (χ4v) is 2.37. The van der Waals surface area contributed by atoms with E-state index in [9.17, 15) is 18.0 Å². The summed E-state index contributed by atoms with van der Waals surface area (Å²) < 4.78 is 35.8. The Labute approximate surface area is 129 Å². The van der Waals surface area contributed by atoms with E-state index in [4.69, 9.17) is 5.73 Å². The zero-order valence-corrected chi connectivity index (χ0v) is 12.8. The van der Waals surface area contributed by atoms with E-state index in [1.54, 1.807) is 12.1 Å². The Morgan fingerprint density at radius 2 is 1.36 bits per heavy atom. The van der Waals surface area contributed by atoms with E-state index < -0.39 is 18.5 Å². The van der Waals surface area contributed by atoms with Crippen LogP contribution in [0.4, 0.5) is 13.2 Å². The molecule has 124 valence electrons. The molecule has 22 heavy (non-hydrogen) atoms. The molecule has 0 radical (unpaired) electrons. The third-order valence-corrected chi connectivity index (χ3v) is 3.66. The fraction of sp³-hybridized carbons (Fsp3) is 0.588. The predicted molar refractivity (Wildman–Crippen MR) is 81.7 cm³/mol. The molecule has 0 saturated heterocycles. The quantitative estimate of drug-likeness (QED) is 0.606. The zero-order valence-electron chi connectivity index (χ0n) is 12.8. The average molecular weight is 315 g/mol. The van der Waals surface area contributed by atoms with Crippen LogP contribution < -0.4 is 5.73 Å². The standard InChI is InChI=1S/C17H24F3NO/c18-17(19,20)13-7-5-3-1-2-4-6-8-14-9-11-15(12-10-14)16(21)22/h9-12H,1-8,13H2,(H2,21,22). The molecular formula is C17H24F3NO. The number of alkyl halides is 3. The van der Waals surface area contributed by atoms with Crippen LogP contribution in [0.2, 0.25) is 0 Å². The summed E-state index contributed by atoms with van der Waals surface area (Å²) in [6.45, 7) is 0. The molecule has 0 bridgehead atoms. The van der Waals surface area contributed by atoms with Gasteiger partial charge in [0, 0.05) is 12.0 Å². The Hall–Kier alpha value is -1.52. The van der Waals surface area contributed by atoms with E-state index in [0.717, 1.165) is 38.5 Å². The van der Waals surface area contributed by atoms with Gasteiger partial charge >= 0.3 is 6.18 Å². The molecule has 2 nitrogen and oxygen atoms in total. The Bertz CT molecular complexity index is 440. The Morgan fingerprint density at radius 3 is 1.86 bits per heavy atom. The maximum atomic E-state index is 11.9. The van der Waals surface area contributed by atoms with Gasteiger partial charge < -0.3 is 5.73 Å². The Kier molecular flexibility index (Phi) is 7.99. The molecular weight excluding hydrogens is 291 g/mol. The van der Waals surface area contributed by atoms with E-state index in [2.05, 4.69) is 0 Å². The minimum Gasteiger partial charge on any atom is -0.366 e. The van der Waals surface area contributed by atoms with Gasteiger partial charge in [-0.3, -0.25) is 4.79 Å². The first kappa shape index (κ1) is 18.5. The molecule has 0 atom stereocenters. The van der Waals surface area contributed by atoms with Gasteiger partial charge in [-0.2, -0.15) is 13.2 Å². The van der Waals surface area contributed by atoms with E-state index in [-0.39, 0.29) is 6.42 Å². The van der Waals surface area contributed by atoms with E-state index in [1.807, 2.05) is 12.1 Å². The van der Waals surface area contributed by atoms with Gasteiger partial charge in [-0.25, -0.2) is 0 Å². The molecule has 0 aliphatic rings. The van der Waals surface area contributed by atoms with Crippen LogP contribution in [0.3, 0.4) is 0 Å². The number of rotatable bonds is 10. The number of aryl methyl sites for hydroxylation is 1. The summed E-state index contributed by atoms with van der Waals surface area (Å²) in [5.74, 6) is -0.419. The number of hydrogen-bond acceptors (Lipinski definition) is 1. The fourth-order valence-electron chi connectivity index (χ4n) is 2.37. The molecule has 0 aromatic heterocycles. The van der Waals surface area contributed by atoms with Crippen molar-refractivity contribution in [1.29, 1.82) is 0 Å². The third-order valence-electron chi connectivity index (χ3n) is 3.66. The Morgan fingerprint density at radius 1 is 0.864 bits per heavy atom. The minimum atomic E-state index is -4.01. The van der Waals surface area contributed by atoms with Crippen molar-refractivity contribution in [2.45, 2.75) is 64.0 Å². The normalized spacial score (nSPS) is 11.6. The van der Waals surface area contributed by atoms with E-state index in [0.29, 0.717) is 12.0 Å². The summed E-state index contributed by atoms with van der Waals surface area (Å²) in [6, 6.07) is 7.30. The van der Waals surface area contributed by atoms with Gasteiger partial charge in [0.05, 0.1) is 0 Å². The molecule has 5 heteroatoms. The summed E-state index contributed by atoms with van der Waals surface area (Å²) >= 11 is 0. The number of unbranched alkanes of at least 4 members (excludes halogenated alkanes) is 6. The van der Waals surface area contributed by atoms with Crippen LogP contribution in [0.5, 0.6) is 0 Å². The molecule has 1 rings (SSSR count). The molecule has 1 aromatic rings. The van der Waals surface area contributed by atoms with Gasteiger partial charge in [0.1, 0.15) is 0 Å². The summed E-state index contributed by atoms with van der Waals surface area (Å²) in [5, 5.41) is 0. The van der Waals surface area contributed by atoms with Gasteiger partial charge in [0.15, 0.2) is 0 Å². The van der Waals surface area contributed by atoms with Crippen LogP contribution >= 0.6 is 0 Å². The lowest BCUT2D eigenvalue weighted by Crippen LogP contribution is -2.10. The highest BCUT2D eigenvalue weighted by molar-refractivity contribution is 5.92. The number of amides is 1. The molecule has 0 heterocycles. The first-order valence-corrected chi connectivity index (χ1v) is 7.84. The second kappa shape index (κ2) is 9.49. The lowest BCUT2D eigenvalue weighted by Gasteiger charge is -2.06. The summed E-state index contributed by atoms with van der Waals surface area (Å²) in [6.07, 6.45) is 2.26. The number of carbonyl (C=O) groups excluding carboxylic acids is 1. The van der Waals surface area contributed by atoms with Gasteiger partial charge in [0.2, 0.25) is 5.91 Å². The van der Waals surface area contributed by atoms with Gasteiger partial charge in [-0.15, -0.1) is 0 Å². The van der Waals surface area contributed by atoms with Crippen molar-refractivity contribution < 1.29 is 18.0 Å². The van der Waals surface area contributed by atoms with E-state index >= 15 is 0 Å². The van der Waals surface area contributed by atoms with Crippen LogP contribution in [-0.4, -0.2) is 12.1 Å². The number of carbonyl (C=O) groups is 1.